The van der Waals surface area contributed by atoms with Crippen molar-refractivity contribution in [3.05, 3.63) is 29.8 Å². The van der Waals surface area contributed by atoms with E-state index >= 15 is 0 Å². The van der Waals surface area contributed by atoms with Crippen LogP contribution in [0.5, 0.6) is 0 Å². The predicted molar refractivity (Wildman–Crippen MR) is 106 cm³/mol. The highest BCUT2D eigenvalue weighted by Gasteiger charge is 2.39. The summed E-state index contributed by atoms with van der Waals surface area (Å²) in [5, 5.41) is 1.40. The number of nitrogens with one attached hydrogen (secondary N) is 1. The van der Waals surface area contributed by atoms with Crippen LogP contribution < -0.4 is 5.32 Å². The number of aryl methyl sites for hydroxylation is 1. The highest BCUT2D eigenvalue weighted by atomic mass is 32.2. The fraction of sp³-hybridized carbons (Fsp3) is 0.526. The van der Waals surface area contributed by atoms with E-state index in [0.717, 1.165) is 23.7 Å². The number of hydrogen-bond acceptors (Lipinski definition) is 5. The summed E-state index contributed by atoms with van der Waals surface area (Å²) < 4.78 is 42.1. The minimum atomic E-state index is -4.50. The number of aliphatic imine (C=N–C) groups is 1. The van der Waals surface area contributed by atoms with Crippen LogP contribution in [0.3, 0.4) is 0 Å². The zero-order valence-electron chi connectivity index (χ0n) is 16.3. The summed E-state index contributed by atoms with van der Waals surface area (Å²) in [6.07, 6.45) is -4.01. The van der Waals surface area contributed by atoms with Crippen molar-refractivity contribution in [2.75, 3.05) is 26.3 Å². The summed E-state index contributed by atoms with van der Waals surface area (Å²) >= 11 is 1.08. The van der Waals surface area contributed by atoms with Crippen LogP contribution in [0.15, 0.2) is 29.3 Å². The Morgan fingerprint density at radius 3 is 2.76 bits per heavy atom. The zero-order valence-corrected chi connectivity index (χ0v) is 17.1. The van der Waals surface area contributed by atoms with Crippen molar-refractivity contribution in [2.24, 2.45) is 4.99 Å². The lowest BCUT2D eigenvalue weighted by Crippen LogP contribution is -2.38. The molecule has 1 saturated heterocycles. The van der Waals surface area contributed by atoms with Crippen LogP contribution >= 0.6 is 11.8 Å². The third kappa shape index (κ3) is 7.36. The van der Waals surface area contributed by atoms with Crippen molar-refractivity contribution < 1.29 is 27.5 Å². The number of ether oxygens (including phenoxy) is 1. The van der Waals surface area contributed by atoms with Crippen LogP contribution in [0, 0.1) is 0 Å². The smallest absolute Gasteiger partial charge is 0.380 e. The van der Waals surface area contributed by atoms with E-state index in [9.17, 15) is 22.8 Å². The summed E-state index contributed by atoms with van der Waals surface area (Å²) in [6.45, 7) is 3.47. The second-order valence-electron chi connectivity index (χ2n) is 6.31. The third-order valence-electron chi connectivity index (χ3n) is 4.08. The molecule has 0 saturated carbocycles. The fourth-order valence-corrected chi connectivity index (χ4v) is 3.81. The Kier molecular flexibility index (Phi) is 8.51. The molecule has 160 valence electrons. The van der Waals surface area contributed by atoms with Crippen molar-refractivity contribution in [1.82, 2.24) is 10.2 Å². The SMILES string of the molecule is CCOCCN1C(=O)C(CC(=O)NCC(F)(F)F)SC1=Nc1cccc(CC)c1. The van der Waals surface area contributed by atoms with Crippen molar-refractivity contribution in [3.8, 4) is 0 Å². The molecule has 1 N–H and O–H groups in total. The van der Waals surface area contributed by atoms with Crippen LogP contribution in [-0.2, 0) is 20.7 Å². The van der Waals surface area contributed by atoms with Crippen LogP contribution in [0.1, 0.15) is 25.8 Å². The van der Waals surface area contributed by atoms with Gasteiger partial charge in [0.05, 0.1) is 18.8 Å². The Labute approximate surface area is 171 Å². The van der Waals surface area contributed by atoms with Gasteiger partial charge in [-0.05, 0) is 31.0 Å². The average molecular weight is 431 g/mol. The minimum Gasteiger partial charge on any atom is -0.380 e. The molecule has 1 aliphatic heterocycles. The van der Waals surface area contributed by atoms with E-state index in [2.05, 4.69) is 4.99 Å². The van der Waals surface area contributed by atoms with Crippen LogP contribution in [0.25, 0.3) is 0 Å². The first-order valence-electron chi connectivity index (χ1n) is 9.30. The molecule has 0 aliphatic carbocycles. The minimum absolute atomic E-state index is 0.257. The topological polar surface area (TPSA) is 71.0 Å². The molecule has 1 atom stereocenters. The van der Waals surface area contributed by atoms with Gasteiger partial charge in [0.15, 0.2) is 5.17 Å². The quantitative estimate of drug-likeness (QED) is 0.609. The number of hydrogen-bond donors (Lipinski definition) is 1. The molecule has 2 amide bonds. The van der Waals surface area contributed by atoms with Gasteiger partial charge in [0.25, 0.3) is 0 Å². The predicted octanol–water partition coefficient (Wildman–Crippen LogP) is 3.29. The number of amidine groups is 1. The molecular weight excluding hydrogens is 407 g/mol. The Balaban J connectivity index is 2.14. The maximum absolute atomic E-state index is 12.7. The van der Waals surface area contributed by atoms with Crippen molar-refractivity contribution >= 4 is 34.4 Å². The second kappa shape index (κ2) is 10.6. The normalized spacial score (nSPS) is 18.5. The lowest BCUT2D eigenvalue weighted by atomic mass is 10.1. The van der Waals surface area contributed by atoms with Crippen LogP contribution in [0.2, 0.25) is 0 Å². The molecule has 0 bridgehead atoms. The van der Waals surface area contributed by atoms with Crippen molar-refractivity contribution in [2.45, 2.75) is 38.1 Å². The number of benzene rings is 1. The Bertz CT molecular complexity index is 756. The van der Waals surface area contributed by atoms with Crippen molar-refractivity contribution in [1.29, 1.82) is 0 Å². The number of rotatable bonds is 9. The number of carbonyl (C=O) groups is 2. The Hall–Kier alpha value is -2.07. The molecule has 10 heteroatoms. The molecule has 1 aromatic rings. The molecule has 2 rings (SSSR count). The summed E-state index contributed by atoms with van der Waals surface area (Å²) in [6, 6.07) is 7.55. The fourth-order valence-electron chi connectivity index (χ4n) is 2.63. The lowest BCUT2D eigenvalue weighted by molar-refractivity contribution is -0.139. The number of thioether (sulfide) groups is 1. The maximum Gasteiger partial charge on any atom is 0.405 e. The van der Waals surface area contributed by atoms with Crippen LogP contribution in [-0.4, -0.2) is 59.6 Å². The summed E-state index contributed by atoms with van der Waals surface area (Å²) in [7, 11) is 0. The molecule has 0 radical (unpaired) electrons. The van der Waals surface area contributed by atoms with Gasteiger partial charge in [-0.25, -0.2) is 4.99 Å². The van der Waals surface area contributed by atoms with Gasteiger partial charge in [-0.2, -0.15) is 13.2 Å². The van der Waals surface area contributed by atoms with E-state index in [0.29, 0.717) is 24.1 Å². The van der Waals surface area contributed by atoms with Gasteiger partial charge in [-0.3, -0.25) is 14.5 Å². The molecule has 1 heterocycles. The molecule has 6 nitrogen and oxygen atoms in total. The first-order valence-corrected chi connectivity index (χ1v) is 10.2. The highest BCUT2D eigenvalue weighted by molar-refractivity contribution is 8.15. The third-order valence-corrected chi connectivity index (χ3v) is 5.26. The monoisotopic (exact) mass is 431 g/mol. The first kappa shape index (κ1) is 23.2. The summed E-state index contributed by atoms with van der Waals surface area (Å²) in [5.41, 5.74) is 1.76. The Morgan fingerprint density at radius 1 is 1.34 bits per heavy atom. The van der Waals surface area contributed by atoms with Gasteiger partial charge in [0.1, 0.15) is 11.8 Å². The van der Waals surface area contributed by atoms with E-state index < -0.39 is 23.9 Å². The largest absolute Gasteiger partial charge is 0.405 e. The highest BCUT2D eigenvalue weighted by Crippen LogP contribution is 2.31. The van der Waals surface area contributed by atoms with Gasteiger partial charge in [0, 0.05) is 13.0 Å². The maximum atomic E-state index is 12.7. The van der Waals surface area contributed by atoms with Gasteiger partial charge in [0.2, 0.25) is 11.8 Å². The van der Waals surface area contributed by atoms with E-state index in [1.54, 1.807) is 11.4 Å². The lowest BCUT2D eigenvalue weighted by Gasteiger charge is -2.16. The standard InChI is InChI=1S/C19H24F3N3O3S/c1-3-13-6-5-7-14(10-13)24-18-25(8-9-28-4-2)17(27)15(29-18)11-16(26)23-12-19(20,21)22/h5-7,10,15H,3-4,8-9,11-12H2,1-2H3,(H,23,26). The van der Waals surface area contributed by atoms with Gasteiger partial charge in [-0.1, -0.05) is 30.8 Å². The Morgan fingerprint density at radius 2 is 2.10 bits per heavy atom. The molecule has 29 heavy (non-hydrogen) atoms. The van der Waals surface area contributed by atoms with Gasteiger partial charge in [-0.15, -0.1) is 0 Å². The molecule has 1 unspecified atom stereocenters. The summed E-state index contributed by atoms with van der Waals surface area (Å²) in [4.78, 5) is 30.5. The molecule has 0 aromatic heterocycles. The van der Waals surface area contributed by atoms with Crippen molar-refractivity contribution in [3.63, 3.8) is 0 Å². The molecule has 0 spiro atoms. The van der Waals surface area contributed by atoms with Gasteiger partial charge >= 0.3 is 6.18 Å². The van der Waals surface area contributed by atoms with E-state index in [1.165, 1.54) is 4.90 Å². The second-order valence-corrected chi connectivity index (χ2v) is 7.48. The molecule has 1 aromatic carbocycles. The summed E-state index contributed by atoms with van der Waals surface area (Å²) in [5.74, 6) is -1.19. The van der Waals surface area contributed by atoms with Gasteiger partial charge < -0.3 is 10.1 Å². The van der Waals surface area contributed by atoms with E-state index in [-0.39, 0.29) is 18.9 Å². The number of carbonyl (C=O) groups excluding carboxylic acids is 2. The number of halogens is 3. The number of nitrogens with zero attached hydrogens (tertiary/aromatic N) is 2. The number of alkyl halides is 3. The molecule has 1 aliphatic rings. The zero-order chi connectivity index (χ0) is 21.4. The molecule has 1 fully saturated rings. The average Bonchev–Trinajstić information content (AvgIpc) is 2.95. The molecular formula is C19H24F3N3O3S. The number of amides is 2. The first-order chi connectivity index (χ1) is 13.7. The van der Waals surface area contributed by atoms with Crippen LogP contribution in [0.4, 0.5) is 18.9 Å². The van der Waals surface area contributed by atoms with E-state index in [1.807, 2.05) is 32.0 Å². The van der Waals surface area contributed by atoms with E-state index in [4.69, 9.17) is 4.74 Å².